The van der Waals surface area contributed by atoms with E-state index in [0.717, 1.165) is 16.8 Å². The highest BCUT2D eigenvalue weighted by molar-refractivity contribution is 9.10. The average molecular weight is 603 g/mol. The molecule has 37 heavy (non-hydrogen) atoms. The summed E-state index contributed by atoms with van der Waals surface area (Å²) < 4.78 is 30.7. The average Bonchev–Trinajstić information content (AvgIpc) is 3.15. The van der Waals surface area contributed by atoms with Gasteiger partial charge in [-0.05, 0) is 93.9 Å². The maximum absolute atomic E-state index is 13.5. The topological polar surface area (TPSA) is 77.1 Å². The lowest BCUT2D eigenvalue weighted by molar-refractivity contribution is -0.123. The molecule has 1 aliphatic heterocycles. The van der Waals surface area contributed by atoms with Gasteiger partial charge in [0, 0.05) is 5.56 Å². The standard InChI is InChI=1S/C26H20BrFN2O5S2/c1-33-19-8-6-17(7-9-19)24(31)29-30-25(32)22(37-26(30)36)13-16-11-20(27)23(21(12-16)34-2)35-14-15-4-3-5-18(28)10-15/h3-13H,14H2,1-2H3,(H,29,31)/b22-13+. The molecule has 7 nitrogen and oxygen atoms in total. The molecule has 11 heteroatoms. The van der Waals surface area contributed by atoms with E-state index in [1.807, 2.05) is 0 Å². The third kappa shape index (κ3) is 6.30. The summed E-state index contributed by atoms with van der Waals surface area (Å²) in [4.78, 5) is 25.9. The molecule has 0 saturated carbocycles. The SMILES string of the molecule is COc1ccc(C(=O)NN2C(=O)/C(=C\c3cc(Br)c(OCc4cccc(F)c4)c(OC)c3)SC2=S)cc1. The number of thioether (sulfide) groups is 1. The third-order valence-electron chi connectivity index (χ3n) is 5.18. The van der Waals surface area contributed by atoms with Crippen molar-refractivity contribution in [2.75, 3.05) is 14.2 Å². The van der Waals surface area contributed by atoms with Crippen LogP contribution in [0.25, 0.3) is 6.08 Å². The minimum absolute atomic E-state index is 0.138. The van der Waals surface area contributed by atoms with E-state index >= 15 is 0 Å². The molecule has 4 rings (SSSR count). The second kappa shape index (κ2) is 11.8. The highest BCUT2D eigenvalue weighted by Crippen LogP contribution is 2.39. The van der Waals surface area contributed by atoms with Crippen molar-refractivity contribution in [1.82, 2.24) is 10.4 Å². The molecule has 0 spiro atoms. The van der Waals surface area contributed by atoms with Gasteiger partial charge in [0.2, 0.25) is 0 Å². The summed E-state index contributed by atoms with van der Waals surface area (Å²) in [6.07, 6.45) is 1.64. The Bertz CT molecular complexity index is 1400. The molecule has 0 unspecified atom stereocenters. The van der Waals surface area contributed by atoms with E-state index in [1.165, 1.54) is 26.4 Å². The van der Waals surface area contributed by atoms with Gasteiger partial charge in [0.25, 0.3) is 11.8 Å². The summed E-state index contributed by atoms with van der Waals surface area (Å²) in [5, 5.41) is 1.04. The molecular weight excluding hydrogens is 583 g/mol. The summed E-state index contributed by atoms with van der Waals surface area (Å²) in [5.74, 6) is 0.170. The molecule has 1 heterocycles. The van der Waals surface area contributed by atoms with Gasteiger partial charge in [-0.15, -0.1) is 0 Å². The Hall–Kier alpha value is -3.41. The van der Waals surface area contributed by atoms with Crippen LogP contribution in [0.3, 0.4) is 0 Å². The van der Waals surface area contributed by atoms with E-state index in [2.05, 4.69) is 21.4 Å². The van der Waals surface area contributed by atoms with Gasteiger partial charge < -0.3 is 14.2 Å². The number of amides is 2. The van der Waals surface area contributed by atoms with Crippen LogP contribution in [0.1, 0.15) is 21.5 Å². The van der Waals surface area contributed by atoms with Crippen molar-refractivity contribution in [2.45, 2.75) is 6.61 Å². The van der Waals surface area contributed by atoms with Gasteiger partial charge in [-0.3, -0.25) is 15.0 Å². The van der Waals surface area contributed by atoms with Crippen LogP contribution in [0.2, 0.25) is 0 Å². The smallest absolute Gasteiger partial charge is 0.285 e. The van der Waals surface area contributed by atoms with E-state index in [-0.39, 0.29) is 16.7 Å². The molecule has 0 radical (unpaired) electrons. The number of methoxy groups -OCH3 is 2. The molecule has 190 valence electrons. The Balaban J connectivity index is 1.49. The first-order valence-electron chi connectivity index (χ1n) is 10.8. The molecule has 0 bridgehead atoms. The van der Waals surface area contributed by atoms with Crippen molar-refractivity contribution in [2.24, 2.45) is 0 Å². The van der Waals surface area contributed by atoms with Crippen LogP contribution in [0, 0.1) is 5.82 Å². The molecule has 1 fully saturated rings. The van der Waals surface area contributed by atoms with Crippen molar-refractivity contribution >= 4 is 62.1 Å². The summed E-state index contributed by atoms with van der Waals surface area (Å²) in [6, 6.07) is 16.1. The quantitative estimate of drug-likeness (QED) is 0.260. The monoisotopic (exact) mass is 602 g/mol. The van der Waals surface area contributed by atoms with Gasteiger partial charge in [-0.1, -0.05) is 23.9 Å². The van der Waals surface area contributed by atoms with Crippen molar-refractivity contribution in [3.8, 4) is 17.2 Å². The maximum atomic E-state index is 13.5. The summed E-state index contributed by atoms with van der Waals surface area (Å²) in [6.45, 7) is 0.138. The number of thiocarbonyl (C=S) groups is 1. The number of hydrazine groups is 1. The van der Waals surface area contributed by atoms with Gasteiger partial charge in [-0.2, -0.15) is 5.01 Å². The van der Waals surface area contributed by atoms with Crippen LogP contribution >= 0.6 is 39.9 Å². The first-order valence-corrected chi connectivity index (χ1v) is 12.8. The lowest BCUT2D eigenvalue weighted by Gasteiger charge is -2.15. The lowest BCUT2D eigenvalue weighted by Crippen LogP contribution is -2.44. The number of hydrogen-bond acceptors (Lipinski definition) is 7. The number of halogens is 2. The number of ether oxygens (including phenoxy) is 3. The molecule has 1 aliphatic rings. The fourth-order valence-corrected chi connectivity index (χ4v) is 5.12. The van der Waals surface area contributed by atoms with E-state index in [1.54, 1.807) is 54.6 Å². The number of benzene rings is 3. The van der Waals surface area contributed by atoms with Crippen molar-refractivity contribution < 1.29 is 28.2 Å². The van der Waals surface area contributed by atoms with Gasteiger partial charge >= 0.3 is 0 Å². The number of rotatable bonds is 8. The highest BCUT2D eigenvalue weighted by Gasteiger charge is 2.34. The molecular formula is C26H20BrFN2O5S2. The summed E-state index contributed by atoms with van der Waals surface area (Å²) in [5.41, 5.74) is 4.20. The normalized spacial score (nSPS) is 14.2. The first kappa shape index (κ1) is 26.6. The molecule has 3 aromatic carbocycles. The molecule has 0 aliphatic carbocycles. The van der Waals surface area contributed by atoms with E-state index in [0.29, 0.717) is 43.3 Å². The fourth-order valence-electron chi connectivity index (χ4n) is 3.37. The highest BCUT2D eigenvalue weighted by atomic mass is 79.9. The predicted octanol–water partition coefficient (Wildman–Crippen LogP) is 5.73. The Morgan fingerprint density at radius 1 is 1.14 bits per heavy atom. The Morgan fingerprint density at radius 2 is 1.89 bits per heavy atom. The minimum Gasteiger partial charge on any atom is -0.497 e. The second-order valence-corrected chi connectivity index (χ2v) is 10.2. The molecule has 1 N–H and O–H groups in total. The van der Waals surface area contributed by atoms with Crippen molar-refractivity contribution in [3.63, 3.8) is 0 Å². The minimum atomic E-state index is -0.482. The molecule has 2 amide bonds. The predicted molar refractivity (Wildman–Crippen MR) is 147 cm³/mol. The summed E-state index contributed by atoms with van der Waals surface area (Å²) in [7, 11) is 3.03. The molecule has 3 aromatic rings. The van der Waals surface area contributed by atoms with Gasteiger partial charge in [0.1, 0.15) is 18.2 Å². The third-order valence-corrected chi connectivity index (χ3v) is 7.07. The van der Waals surface area contributed by atoms with Crippen LogP contribution in [-0.2, 0) is 11.4 Å². The number of nitrogens with zero attached hydrogens (tertiary/aromatic N) is 1. The fraction of sp³-hybridized carbons (Fsp3) is 0.115. The number of carbonyl (C=O) groups is 2. The zero-order valence-electron chi connectivity index (χ0n) is 19.6. The van der Waals surface area contributed by atoms with Crippen molar-refractivity contribution in [1.29, 1.82) is 0 Å². The van der Waals surface area contributed by atoms with Crippen molar-refractivity contribution in [3.05, 3.63) is 92.5 Å². The number of nitrogens with one attached hydrogen (secondary N) is 1. The van der Waals surface area contributed by atoms with E-state index in [9.17, 15) is 14.0 Å². The molecule has 1 saturated heterocycles. The second-order valence-electron chi connectivity index (χ2n) is 7.64. The zero-order chi connectivity index (χ0) is 26.5. The van der Waals surface area contributed by atoms with E-state index < -0.39 is 11.8 Å². The number of hydrogen-bond donors (Lipinski definition) is 1. The van der Waals surface area contributed by atoms with Gasteiger partial charge in [0.05, 0.1) is 23.6 Å². The Morgan fingerprint density at radius 3 is 2.57 bits per heavy atom. The zero-order valence-corrected chi connectivity index (χ0v) is 22.8. The Kier molecular flexibility index (Phi) is 8.47. The lowest BCUT2D eigenvalue weighted by atomic mass is 10.1. The van der Waals surface area contributed by atoms with Gasteiger partial charge in [-0.25, -0.2) is 4.39 Å². The molecule has 0 atom stereocenters. The Labute approximate surface area is 230 Å². The van der Waals surface area contributed by atoms with Crippen LogP contribution in [0.15, 0.2) is 70.0 Å². The first-order chi connectivity index (χ1) is 17.8. The van der Waals surface area contributed by atoms with Crippen LogP contribution in [0.4, 0.5) is 4.39 Å². The van der Waals surface area contributed by atoms with Gasteiger partial charge in [0.15, 0.2) is 15.8 Å². The maximum Gasteiger partial charge on any atom is 0.285 e. The largest absolute Gasteiger partial charge is 0.497 e. The summed E-state index contributed by atoms with van der Waals surface area (Å²) >= 11 is 9.86. The van der Waals surface area contributed by atoms with Crippen LogP contribution in [-0.4, -0.2) is 35.4 Å². The molecule has 0 aromatic heterocycles. The van der Waals surface area contributed by atoms with Crippen LogP contribution in [0.5, 0.6) is 17.2 Å². The van der Waals surface area contributed by atoms with E-state index in [4.69, 9.17) is 26.4 Å². The number of carbonyl (C=O) groups excluding carboxylic acids is 2. The van der Waals surface area contributed by atoms with Crippen LogP contribution < -0.4 is 19.6 Å².